The number of halogens is 1. The van der Waals surface area contributed by atoms with Crippen LogP contribution < -0.4 is 10.1 Å². The molecule has 1 rings (SSSR count). The van der Waals surface area contributed by atoms with Crippen LogP contribution in [0.4, 0.5) is 0 Å². The Morgan fingerprint density at radius 3 is 2.74 bits per heavy atom. The van der Waals surface area contributed by atoms with Gasteiger partial charge in [0, 0.05) is 17.1 Å². The first kappa shape index (κ1) is 16.1. The van der Waals surface area contributed by atoms with Crippen LogP contribution in [-0.4, -0.2) is 13.2 Å². The van der Waals surface area contributed by atoms with Crippen LogP contribution >= 0.6 is 11.6 Å². The third-order valence-corrected chi connectivity index (χ3v) is 2.86. The highest BCUT2D eigenvalue weighted by Gasteiger charge is 2.05. The van der Waals surface area contributed by atoms with E-state index in [4.69, 9.17) is 16.3 Å². The van der Waals surface area contributed by atoms with Crippen molar-refractivity contribution in [2.24, 2.45) is 5.92 Å². The molecular formula is C16H24ClNO. The first-order chi connectivity index (χ1) is 8.99. The summed E-state index contributed by atoms with van der Waals surface area (Å²) in [6, 6.07) is 5.77. The molecule has 0 bridgehead atoms. The van der Waals surface area contributed by atoms with Crippen LogP contribution in [0.2, 0.25) is 5.02 Å². The average molecular weight is 282 g/mol. The molecule has 106 valence electrons. The smallest absolute Gasteiger partial charge is 0.124 e. The molecule has 0 aliphatic heterocycles. The normalized spacial score (nSPS) is 10.6. The van der Waals surface area contributed by atoms with Gasteiger partial charge < -0.3 is 10.1 Å². The number of nitrogens with one attached hydrogen (secondary N) is 1. The molecule has 0 aromatic heterocycles. The standard InChI is InChI=1S/C16H24ClNO/c1-12(2)7-8-19-16-6-5-15(17)9-14(16)11-18-10-13(3)4/h5-7,9,13,18H,8,10-11H2,1-4H3. The Labute approximate surface area is 121 Å². The molecule has 0 aliphatic rings. The minimum atomic E-state index is 0.598. The van der Waals surface area contributed by atoms with Crippen molar-refractivity contribution in [2.75, 3.05) is 13.2 Å². The van der Waals surface area contributed by atoms with Gasteiger partial charge >= 0.3 is 0 Å². The van der Waals surface area contributed by atoms with Gasteiger partial charge in [-0.25, -0.2) is 0 Å². The topological polar surface area (TPSA) is 21.3 Å². The second-order valence-electron chi connectivity index (χ2n) is 5.37. The summed E-state index contributed by atoms with van der Waals surface area (Å²) in [5.74, 6) is 1.53. The van der Waals surface area contributed by atoms with Crippen molar-refractivity contribution in [2.45, 2.75) is 34.2 Å². The molecule has 1 aromatic carbocycles. The summed E-state index contributed by atoms with van der Waals surface area (Å²) in [7, 11) is 0. The summed E-state index contributed by atoms with van der Waals surface area (Å²) in [5, 5.41) is 4.16. The van der Waals surface area contributed by atoms with Crippen molar-refractivity contribution in [3.8, 4) is 5.75 Å². The quantitative estimate of drug-likeness (QED) is 0.747. The maximum Gasteiger partial charge on any atom is 0.124 e. The zero-order valence-corrected chi connectivity index (χ0v) is 13.1. The van der Waals surface area contributed by atoms with Crippen molar-refractivity contribution >= 4 is 11.6 Å². The molecule has 2 nitrogen and oxygen atoms in total. The Morgan fingerprint density at radius 2 is 2.11 bits per heavy atom. The maximum atomic E-state index is 6.05. The summed E-state index contributed by atoms with van der Waals surface area (Å²) in [4.78, 5) is 0. The van der Waals surface area contributed by atoms with Gasteiger partial charge in [0.05, 0.1) is 0 Å². The van der Waals surface area contributed by atoms with E-state index in [1.807, 2.05) is 18.2 Å². The molecule has 1 N–H and O–H groups in total. The lowest BCUT2D eigenvalue weighted by Gasteiger charge is -2.13. The van der Waals surface area contributed by atoms with Crippen molar-refractivity contribution in [3.05, 3.63) is 40.4 Å². The van der Waals surface area contributed by atoms with Crippen LogP contribution in [0.5, 0.6) is 5.75 Å². The summed E-state index contributed by atoms with van der Waals surface area (Å²) in [5.41, 5.74) is 2.36. The van der Waals surface area contributed by atoms with E-state index in [2.05, 4.69) is 39.1 Å². The van der Waals surface area contributed by atoms with Crippen LogP contribution in [0.1, 0.15) is 33.3 Å². The second kappa shape index (κ2) is 8.23. The van der Waals surface area contributed by atoms with Crippen molar-refractivity contribution in [1.29, 1.82) is 0 Å². The van der Waals surface area contributed by atoms with Crippen LogP contribution in [0.25, 0.3) is 0 Å². The monoisotopic (exact) mass is 281 g/mol. The number of hydrogen-bond acceptors (Lipinski definition) is 2. The maximum absolute atomic E-state index is 6.05. The van der Waals surface area contributed by atoms with Gasteiger partial charge in [-0.05, 0) is 50.6 Å². The molecule has 0 aliphatic carbocycles. The summed E-state index contributed by atoms with van der Waals surface area (Å²) < 4.78 is 5.79. The van der Waals surface area contributed by atoms with E-state index < -0.39 is 0 Å². The Morgan fingerprint density at radius 1 is 1.37 bits per heavy atom. The molecule has 0 radical (unpaired) electrons. The van der Waals surface area contributed by atoms with Crippen LogP contribution in [0, 0.1) is 5.92 Å². The predicted octanol–water partition coefficient (Wildman–Crippen LogP) is 4.43. The predicted molar refractivity (Wildman–Crippen MR) is 82.9 cm³/mol. The fourth-order valence-corrected chi connectivity index (χ4v) is 1.82. The molecule has 19 heavy (non-hydrogen) atoms. The summed E-state index contributed by atoms with van der Waals surface area (Å²) >= 11 is 6.05. The molecule has 0 saturated heterocycles. The van der Waals surface area contributed by atoms with E-state index in [1.165, 1.54) is 5.57 Å². The summed E-state index contributed by atoms with van der Waals surface area (Å²) in [6.45, 7) is 10.9. The lowest BCUT2D eigenvalue weighted by molar-refractivity contribution is 0.356. The zero-order valence-electron chi connectivity index (χ0n) is 12.3. The molecular weight excluding hydrogens is 258 g/mol. The third-order valence-electron chi connectivity index (χ3n) is 2.62. The molecule has 3 heteroatoms. The molecule has 0 unspecified atom stereocenters. The van der Waals surface area contributed by atoms with Gasteiger partial charge in [0.15, 0.2) is 0 Å². The first-order valence-electron chi connectivity index (χ1n) is 6.74. The summed E-state index contributed by atoms with van der Waals surface area (Å²) in [6.07, 6.45) is 2.07. The van der Waals surface area contributed by atoms with Crippen LogP contribution in [0.15, 0.2) is 29.8 Å². The third kappa shape index (κ3) is 6.65. The van der Waals surface area contributed by atoms with Gasteiger partial charge in [0.25, 0.3) is 0 Å². The minimum Gasteiger partial charge on any atom is -0.489 e. The second-order valence-corrected chi connectivity index (χ2v) is 5.81. The molecule has 0 heterocycles. The fourth-order valence-electron chi connectivity index (χ4n) is 1.62. The lowest BCUT2D eigenvalue weighted by Crippen LogP contribution is -2.19. The van der Waals surface area contributed by atoms with Gasteiger partial charge in [-0.1, -0.05) is 31.0 Å². The molecule has 0 spiro atoms. The zero-order chi connectivity index (χ0) is 14.3. The van der Waals surface area contributed by atoms with Crippen molar-refractivity contribution in [1.82, 2.24) is 5.32 Å². The van der Waals surface area contributed by atoms with E-state index in [0.29, 0.717) is 12.5 Å². The number of allylic oxidation sites excluding steroid dienone is 1. The Hall–Kier alpha value is -0.990. The number of rotatable bonds is 7. The van der Waals surface area contributed by atoms with E-state index in [9.17, 15) is 0 Å². The number of ether oxygens (including phenoxy) is 1. The van der Waals surface area contributed by atoms with E-state index in [0.717, 1.165) is 29.4 Å². The van der Waals surface area contributed by atoms with Crippen molar-refractivity contribution < 1.29 is 4.74 Å². The molecule has 0 fully saturated rings. The van der Waals surface area contributed by atoms with Crippen LogP contribution in [0.3, 0.4) is 0 Å². The average Bonchev–Trinajstić information content (AvgIpc) is 2.31. The van der Waals surface area contributed by atoms with Crippen molar-refractivity contribution in [3.63, 3.8) is 0 Å². The van der Waals surface area contributed by atoms with E-state index >= 15 is 0 Å². The van der Waals surface area contributed by atoms with Gasteiger partial charge in [0.2, 0.25) is 0 Å². The Kier molecular flexibility index (Phi) is 6.96. The highest BCUT2D eigenvalue weighted by Crippen LogP contribution is 2.23. The fraction of sp³-hybridized carbons (Fsp3) is 0.500. The Bertz CT molecular complexity index is 423. The van der Waals surface area contributed by atoms with Gasteiger partial charge in [-0.2, -0.15) is 0 Å². The molecule has 0 amide bonds. The first-order valence-corrected chi connectivity index (χ1v) is 7.12. The van der Waals surface area contributed by atoms with Gasteiger partial charge in [-0.3, -0.25) is 0 Å². The largest absolute Gasteiger partial charge is 0.489 e. The Balaban J connectivity index is 2.65. The van der Waals surface area contributed by atoms with Crippen LogP contribution in [-0.2, 0) is 6.54 Å². The highest BCUT2D eigenvalue weighted by atomic mass is 35.5. The SMILES string of the molecule is CC(C)=CCOc1ccc(Cl)cc1CNCC(C)C. The lowest BCUT2D eigenvalue weighted by atomic mass is 10.2. The van der Waals surface area contributed by atoms with Gasteiger partial charge in [0.1, 0.15) is 12.4 Å². The molecule has 1 aromatic rings. The van der Waals surface area contributed by atoms with Gasteiger partial charge in [-0.15, -0.1) is 0 Å². The highest BCUT2D eigenvalue weighted by molar-refractivity contribution is 6.30. The number of hydrogen-bond donors (Lipinski definition) is 1. The van der Waals surface area contributed by atoms with E-state index in [-0.39, 0.29) is 0 Å². The minimum absolute atomic E-state index is 0.598. The molecule has 0 saturated carbocycles. The van der Waals surface area contributed by atoms with E-state index in [1.54, 1.807) is 0 Å². The number of benzene rings is 1. The molecule has 0 atom stereocenters.